The van der Waals surface area contributed by atoms with Gasteiger partial charge in [-0.2, -0.15) is 0 Å². The molecule has 25 heavy (non-hydrogen) atoms. The third-order valence-corrected chi connectivity index (χ3v) is 6.21. The molecule has 3 rings (SSSR count). The number of carbonyl (C=O) groups is 1. The van der Waals surface area contributed by atoms with E-state index in [0.717, 1.165) is 23.7 Å². The molecule has 5 unspecified atom stereocenters. The van der Waals surface area contributed by atoms with Crippen LogP contribution in [0.1, 0.15) is 58.3 Å². The second kappa shape index (κ2) is 9.42. The van der Waals surface area contributed by atoms with E-state index in [9.17, 15) is 4.79 Å². The SMILES string of the molecule is CC1CCCC(NC(=NCC(=O)N(C)C)NC2CC3CCC2C3)C1.I. The highest BCUT2D eigenvalue weighted by atomic mass is 127. The first-order valence-electron chi connectivity index (χ1n) is 9.79. The smallest absolute Gasteiger partial charge is 0.243 e. The first-order chi connectivity index (χ1) is 11.5. The molecule has 0 spiro atoms. The van der Waals surface area contributed by atoms with Gasteiger partial charge in [-0.1, -0.05) is 26.2 Å². The molecule has 6 heteroatoms. The summed E-state index contributed by atoms with van der Waals surface area (Å²) in [6, 6.07) is 1.04. The molecule has 0 aromatic carbocycles. The zero-order chi connectivity index (χ0) is 17.1. The average molecular weight is 462 g/mol. The van der Waals surface area contributed by atoms with Crippen LogP contribution in [0.15, 0.2) is 4.99 Å². The molecular formula is C19H35IN4O. The minimum Gasteiger partial charge on any atom is -0.354 e. The van der Waals surface area contributed by atoms with Gasteiger partial charge in [0.15, 0.2) is 5.96 Å². The number of nitrogens with zero attached hydrogens (tertiary/aromatic N) is 2. The van der Waals surface area contributed by atoms with Crippen LogP contribution in [0.5, 0.6) is 0 Å². The quantitative estimate of drug-likeness (QED) is 0.384. The third kappa shape index (κ3) is 5.73. The molecule has 0 aromatic heterocycles. The number of nitrogens with one attached hydrogen (secondary N) is 2. The van der Waals surface area contributed by atoms with Crippen LogP contribution in [-0.2, 0) is 4.79 Å². The van der Waals surface area contributed by atoms with Gasteiger partial charge >= 0.3 is 0 Å². The zero-order valence-corrected chi connectivity index (χ0v) is 18.3. The van der Waals surface area contributed by atoms with Gasteiger partial charge in [0.25, 0.3) is 0 Å². The summed E-state index contributed by atoms with van der Waals surface area (Å²) < 4.78 is 0. The number of fused-ring (bicyclic) bond motifs is 2. The first-order valence-corrected chi connectivity index (χ1v) is 9.79. The molecule has 1 amide bonds. The lowest BCUT2D eigenvalue weighted by Gasteiger charge is -2.31. The van der Waals surface area contributed by atoms with Crippen molar-refractivity contribution in [3.8, 4) is 0 Å². The lowest BCUT2D eigenvalue weighted by molar-refractivity contribution is -0.127. The summed E-state index contributed by atoms with van der Waals surface area (Å²) in [6.45, 7) is 2.56. The summed E-state index contributed by atoms with van der Waals surface area (Å²) in [5.74, 6) is 3.41. The fraction of sp³-hybridized carbons (Fsp3) is 0.895. The molecule has 0 radical (unpaired) electrons. The zero-order valence-electron chi connectivity index (χ0n) is 16.0. The molecule has 2 N–H and O–H groups in total. The molecule has 0 saturated heterocycles. The molecule has 3 aliphatic carbocycles. The number of hydrogen-bond donors (Lipinski definition) is 2. The van der Waals surface area contributed by atoms with Crippen molar-refractivity contribution in [1.29, 1.82) is 0 Å². The molecule has 0 heterocycles. The van der Waals surface area contributed by atoms with Gasteiger partial charge < -0.3 is 15.5 Å². The Morgan fingerprint density at radius 2 is 1.88 bits per heavy atom. The summed E-state index contributed by atoms with van der Waals surface area (Å²) in [5, 5.41) is 7.31. The maximum absolute atomic E-state index is 11.9. The van der Waals surface area contributed by atoms with E-state index in [-0.39, 0.29) is 36.4 Å². The van der Waals surface area contributed by atoms with Crippen molar-refractivity contribution < 1.29 is 4.79 Å². The molecule has 144 valence electrons. The van der Waals surface area contributed by atoms with E-state index in [2.05, 4.69) is 22.5 Å². The Kier molecular flexibility index (Phi) is 7.83. The molecule has 0 aromatic rings. The van der Waals surface area contributed by atoms with Crippen molar-refractivity contribution in [2.24, 2.45) is 22.7 Å². The molecule has 3 aliphatic rings. The van der Waals surface area contributed by atoms with Crippen LogP contribution in [-0.4, -0.2) is 49.5 Å². The van der Waals surface area contributed by atoms with Crippen LogP contribution in [0, 0.1) is 17.8 Å². The molecule has 3 saturated carbocycles. The number of rotatable bonds is 4. The van der Waals surface area contributed by atoms with Gasteiger partial charge in [0.2, 0.25) is 5.91 Å². The highest BCUT2D eigenvalue weighted by Crippen LogP contribution is 2.44. The van der Waals surface area contributed by atoms with E-state index in [1.807, 2.05) is 0 Å². The molecule has 3 fully saturated rings. The Morgan fingerprint density at radius 1 is 1.08 bits per heavy atom. The van der Waals surface area contributed by atoms with Gasteiger partial charge in [-0.05, 0) is 49.9 Å². The fourth-order valence-electron chi connectivity index (χ4n) is 4.78. The number of amides is 1. The standard InChI is InChI=1S/C19H34N4O.HI/c1-13-5-4-6-16(9-13)21-19(20-12-18(24)23(2)3)22-17-11-14-7-8-15(17)10-14;/h13-17H,4-12H2,1-3H3,(H2,20,21,22);1H. The second-order valence-electron chi connectivity index (χ2n) is 8.49. The van der Waals surface area contributed by atoms with Crippen molar-refractivity contribution in [3.05, 3.63) is 0 Å². The Morgan fingerprint density at radius 3 is 2.48 bits per heavy atom. The van der Waals surface area contributed by atoms with Crippen molar-refractivity contribution in [2.75, 3.05) is 20.6 Å². The highest BCUT2D eigenvalue weighted by molar-refractivity contribution is 14.0. The van der Waals surface area contributed by atoms with Gasteiger partial charge in [0, 0.05) is 26.2 Å². The van der Waals surface area contributed by atoms with Crippen LogP contribution in [0.3, 0.4) is 0 Å². The van der Waals surface area contributed by atoms with Crippen LogP contribution in [0.25, 0.3) is 0 Å². The predicted octanol–water partition coefficient (Wildman–Crippen LogP) is 3.00. The van der Waals surface area contributed by atoms with Crippen molar-refractivity contribution in [1.82, 2.24) is 15.5 Å². The summed E-state index contributed by atoms with van der Waals surface area (Å²) >= 11 is 0. The molecular weight excluding hydrogens is 427 g/mol. The lowest BCUT2D eigenvalue weighted by Crippen LogP contribution is -2.50. The Balaban J connectivity index is 0.00000225. The van der Waals surface area contributed by atoms with Crippen molar-refractivity contribution in [3.63, 3.8) is 0 Å². The highest BCUT2D eigenvalue weighted by Gasteiger charge is 2.40. The molecule has 0 aliphatic heterocycles. The van der Waals surface area contributed by atoms with E-state index in [1.165, 1.54) is 51.4 Å². The second-order valence-corrected chi connectivity index (χ2v) is 8.49. The monoisotopic (exact) mass is 462 g/mol. The van der Waals surface area contributed by atoms with Gasteiger partial charge in [0.1, 0.15) is 6.54 Å². The Hall–Kier alpha value is -0.530. The van der Waals surface area contributed by atoms with Gasteiger partial charge in [-0.25, -0.2) is 4.99 Å². The molecule has 5 atom stereocenters. The normalized spacial score (nSPS) is 34.4. The largest absolute Gasteiger partial charge is 0.354 e. The number of guanidine groups is 1. The minimum atomic E-state index is 0. The Labute approximate surface area is 169 Å². The van der Waals surface area contributed by atoms with E-state index in [1.54, 1.807) is 19.0 Å². The van der Waals surface area contributed by atoms with Crippen molar-refractivity contribution in [2.45, 2.75) is 70.4 Å². The third-order valence-electron chi connectivity index (χ3n) is 6.21. The van der Waals surface area contributed by atoms with E-state index >= 15 is 0 Å². The van der Waals surface area contributed by atoms with Crippen LogP contribution in [0.2, 0.25) is 0 Å². The fourth-order valence-corrected chi connectivity index (χ4v) is 4.78. The summed E-state index contributed by atoms with van der Waals surface area (Å²) in [6.07, 6.45) is 10.5. The van der Waals surface area contributed by atoms with E-state index in [0.29, 0.717) is 12.1 Å². The van der Waals surface area contributed by atoms with Crippen LogP contribution < -0.4 is 10.6 Å². The summed E-state index contributed by atoms with van der Waals surface area (Å²) in [7, 11) is 3.58. The number of likely N-dealkylation sites (N-methyl/N-ethyl adjacent to an activating group) is 1. The van der Waals surface area contributed by atoms with Gasteiger partial charge in [-0.3, -0.25) is 4.79 Å². The van der Waals surface area contributed by atoms with Crippen molar-refractivity contribution >= 4 is 35.8 Å². The van der Waals surface area contributed by atoms with Crippen LogP contribution >= 0.6 is 24.0 Å². The maximum atomic E-state index is 11.9. The minimum absolute atomic E-state index is 0. The van der Waals surface area contributed by atoms with Gasteiger partial charge in [0.05, 0.1) is 0 Å². The number of carbonyl (C=O) groups excluding carboxylic acids is 1. The predicted molar refractivity (Wildman–Crippen MR) is 113 cm³/mol. The maximum Gasteiger partial charge on any atom is 0.243 e. The number of hydrogen-bond acceptors (Lipinski definition) is 2. The van der Waals surface area contributed by atoms with Crippen LogP contribution in [0.4, 0.5) is 0 Å². The van der Waals surface area contributed by atoms with Gasteiger partial charge in [-0.15, -0.1) is 24.0 Å². The Bertz CT molecular complexity index is 482. The number of aliphatic imine (C=N–C) groups is 1. The lowest BCUT2D eigenvalue weighted by atomic mass is 9.87. The summed E-state index contributed by atoms with van der Waals surface area (Å²) in [4.78, 5) is 18.1. The summed E-state index contributed by atoms with van der Waals surface area (Å²) in [5.41, 5.74) is 0. The van der Waals surface area contributed by atoms with E-state index < -0.39 is 0 Å². The first kappa shape index (κ1) is 20.8. The molecule has 5 nitrogen and oxygen atoms in total. The topological polar surface area (TPSA) is 56.7 Å². The van der Waals surface area contributed by atoms with E-state index in [4.69, 9.17) is 0 Å². The molecule has 2 bridgehead atoms. The average Bonchev–Trinajstić information content (AvgIpc) is 3.15. The number of halogens is 1.